The molecule has 0 aliphatic carbocycles. The lowest BCUT2D eigenvalue weighted by Crippen LogP contribution is -1.95. The second-order valence-corrected chi connectivity index (χ2v) is 3.98. The maximum absolute atomic E-state index is 9.01. The Hall–Kier alpha value is -2.61. The van der Waals surface area contributed by atoms with Gasteiger partial charge in [0.2, 0.25) is 0 Å². The van der Waals surface area contributed by atoms with Crippen molar-refractivity contribution in [2.75, 3.05) is 0 Å². The number of benzene rings is 2. The third kappa shape index (κ3) is 3.96. The number of rotatable bonds is 4. The zero-order valence-corrected chi connectivity index (χ0v) is 10.5. The van der Waals surface area contributed by atoms with Crippen LogP contribution in [0.25, 0.3) is 6.08 Å². The van der Waals surface area contributed by atoms with Crippen molar-refractivity contribution in [3.63, 3.8) is 0 Å². The van der Waals surface area contributed by atoms with Crippen molar-refractivity contribution in [3.05, 3.63) is 90.0 Å². The second-order valence-electron chi connectivity index (χ2n) is 3.98. The van der Waals surface area contributed by atoms with E-state index in [1.165, 1.54) is 0 Å². The van der Waals surface area contributed by atoms with Crippen LogP contribution in [0.3, 0.4) is 0 Å². The molecule has 2 nitrogen and oxygen atoms in total. The average Bonchev–Trinajstić information content (AvgIpc) is 2.49. The molecule has 94 valence electrons. The summed E-state index contributed by atoms with van der Waals surface area (Å²) in [5.74, 6) is 0. The molecule has 2 aromatic carbocycles. The molecular formula is C17H15NO. The normalized spacial score (nSPS) is 12.3. The van der Waals surface area contributed by atoms with Gasteiger partial charge >= 0.3 is 0 Å². The van der Waals surface area contributed by atoms with Crippen molar-refractivity contribution in [1.29, 1.82) is 0 Å². The van der Waals surface area contributed by atoms with Crippen LogP contribution < -0.4 is 0 Å². The molecule has 0 saturated carbocycles. The van der Waals surface area contributed by atoms with Crippen molar-refractivity contribution >= 4 is 11.8 Å². The van der Waals surface area contributed by atoms with Crippen LogP contribution in [0.4, 0.5) is 0 Å². The van der Waals surface area contributed by atoms with Crippen LogP contribution in [0.1, 0.15) is 11.1 Å². The molecule has 19 heavy (non-hydrogen) atoms. The molecule has 0 radical (unpaired) electrons. The molecule has 2 heteroatoms. The maximum atomic E-state index is 9.01. The lowest BCUT2D eigenvalue weighted by Gasteiger charge is -1.97. The SMILES string of the molecule is ON=C(C=CC=Cc1ccccc1)c1ccccc1. The molecule has 2 rings (SSSR count). The predicted molar refractivity (Wildman–Crippen MR) is 79.4 cm³/mol. The minimum Gasteiger partial charge on any atom is -0.410 e. The second kappa shape index (κ2) is 6.97. The largest absolute Gasteiger partial charge is 0.410 e. The highest BCUT2D eigenvalue weighted by Crippen LogP contribution is 2.04. The van der Waals surface area contributed by atoms with Gasteiger partial charge in [0.25, 0.3) is 0 Å². The molecule has 0 aliphatic heterocycles. The summed E-state index contributed by atoms with van der Waals surface area (Å²) < 4.78 is 0. The Bertz CT molecular complexity index is 583. The molecule has 0 spiro atoms. The number of oxime groups is 1. The molecule has 0 aliphatic rings. The topological polar surface area (TPSA) is 32.6 Å². The number of allylic oxidation sites excluding steroid dienone is 3. The lowest BCUT2D eigenvalue weighted by atomic mass is 10.1. The quantitative estimate of drug-likeness (QED) is 0.375. The fourth-order valence-electron chi connectivity index (χ4n) is 1.67. The smallest absolute Gasteiger partial charge is 0.109 e. The third-order valence-corrected chi connectivity index (χ3v) is 2.63. The highest BCUT2D eigenvalue weighted by molar-refractivity contribution is 6.08. The van der Waals surface area contributed by atoms with Gasteiger partial charge in [-0.3, -0.25) is 0 Å². The molecule has 0 unspecified atom stereocenters. The minimum absolute atomic E-state index is 0.540. The van der Waals surface area contributed by atoms with E-state index in [2.05, 4.69) is 5.16 Å². The van der Waals surface area contributed by atoms with Crippen molar-refractivity contribution in [2.45, 2.75) is 0 Å². The van der Waals surface area contributed by atoms with E-state index in [0.29, 0.717) is 5.71 Å². The number of hydrogen-bond acceptors (Lipinski definition) is 2. The maximum Gasteiger partial charge on any atom is 0.109 e. The third-order valence-electron chi connectivity index (χ3n) is 2.63. The van der Waals surface area contributed by atoms with Crippen LogP contribution in [0, 0.1) is 0 Å². The molecule has 0 heterocycles. The van der Waals surface area contributed by atoms with Gasteiger partial charge in [0.1, 0.15) is 5.71 Å². The van der Waals surface area contributed by atoms with Crippen LogP contribution >= 0.6 is 0 Å². The van der Waals surface area contributed by atoms with E-state index < -0.39 is 0 Å². The summed E-state index contributed by atoms with van der Waals surface area (Å²) in [5, 5.41) is 12.3. The monoisotopic (exact) mass is 249 g/mol. The fraction of sp³-hybridized carbons (Fsp3) is 0. The Morgan fingerprint density at radius 1 is 0.842 bits per heavy atom. The first-order valence-electron chi connectivity index (χ1n) is 6.07. The number of hydrogen-bond donors (Lipinski definition) is 1. The molecule has 0 aromatic heterocycles. The fourth-order valence-corrected chi connectivity index (χ4v) is 1.67. The minimum atomic E-state index is 0.540. The molecule has 0 amide bonds. The standard InChI is InChI=1S/C17H15NO/c19-18-17(16-12-5-2-6-13-16)14-8-7-11-15-9-3-1-4-10-15/h1-14,19H. The summed E-state index contributed by atoms with van der Waals surface area (Å²) in [4.78, 5) is 0. The van der Waals surface area contributed by atoms with E-state index >= 15 is 0 Å². The molecule has 0 bridgehead atoms. The van der Waals surface area contributed by atoms with Gasteiger partial charge in [-0.05, 0) is 11.6 Å². The molecule has 0 atom stereocenters. The van der Waals surface area contributed by atoms with Gasteiger partial charge in [0, 0.05) is 5.56 Å². The van der Waals surface area contributed by atoms with E-state index in [9.17, 15) is 0 Å². The van der Waals surface area contributed by atoms with Crippen molar-refractivity contribution in [3.8, 4) is 0 Å². The van der Waals surface area contributed by atoms with Crippen molar-refractivity contribution in [2.24, 2.45) is 5.16 Å². The van der Waals surface area contributed by atoms with Crippen molar-refractivity contribution in [1.82, 2.24) is 0 Å². The molecular weight excluding hydrogens is 234 g/mol. The van der Waals surface area contributed by atoms with Gasteiger partial charge in [-0.1, -0.05) is 84.0 Å². The molecule has 0 saturated heterocycles. The van der Waals surface area contributed by atoms with Crippen LogP contribution in [-0.2, 0) is 0 Å². The van der Waals surface area contributed by atoms with Gasteiger partial charge in [0.15, 0.2) is 0 Å². The van der Waals surface area contributed by atoms with Gasteiger partial charge in [-0.15, -0.1) is 0 Å². The summed E-state index contributed by atoms with van der Waals surface area (Å²) >= 11 is 0. The van der Waals surface area contributed by atoms with E-state index in [1.807, 2.05) is 78.9 Å². The average molecular weight is 249 g/mol. The number of nitrogens with zero attached hydrogens (tertiary/aromatic N) is 1. The van der Waals surface area contributed by atoms with Gasteiger partial charge in [-0.2, -0.15) is 0 Å². The van der Waals surface area contributed by atoms with E-state index in [4.69, 9.17) is 5.21 Å². The summed E-state index contributed by atoms with van der Waals surface area (Å²) in [5.41, 5.74) is 2.56. The summed E-state index contributed by atoms with van der Waals surface area (Å²) in [6, 6.07) is 19.6. The summed E-state index contributed by atoms with van der Waals surface area (Å²) in [6.45, 7) is 0. The first kappa shape index (κ1) is 12.8. The molecule has 0 fully saturated rings. The lowest BCUT2D eigenvalue weighted by molar-refractivity contribution is 0.320. The Labute approximate surface area is 113 Å². The van der Waals surface area contributed by atoms with Crippen LogP contribution in [-0.4, -0.2) is 10.9 Å². The van der Waals surface area contributed by atoms with Crippen LogP contribution in [0.5, 0.6) is 0 Å². The zero-order valence-electron chi connectivity index (χ0n) is 10.5. The molecule has 1 N–H and O–H groups in total. The Morgan fingerprint density at radius 3 is 2.11 bits per heavy atom. The Balaban J connectivity index is 2.04. The zero-order chi connectivity index (χ0) is 13.3. The van der Waals surface area contributed by atoms with E-state index in [-0.39, 0.29) is 0 Å². The van der Waals surface area contributed by atoms with Gasteiger partial charge in [-0.25, -0.2) is 0 Å². The van der Waals surface area contributed by atoms with Crippen molar-refractivity contribution < 1.29 is 5.21 Å². The van der Waals surface area contributed by atoms with E-state index in [0.717, 1.165) is 11.1 Å². The highest BCUT2D eigenvalue weighted by atomic mass is 16.4. The summed E-state index contributed by atoms with van der Waals surface area (Å²) in [7, 11) is 0. The molecule has 2 aromatic rings. The highest BCUT2D eigenvalue weighted by Gasteiger charge is 1.97. The van der Waals surface area contributed by atoms with E-state index in [1.54, 1.807) is 6.08 Å². The van der Waals surface area contributed by atoms with Gasteiger partial charge in [0.05, 0.1) is 0 Å². The first-order chi connectivity index (χ1) is 9.40. The predicted octanol–water partition coefficient (Wildman–Crippen LogP) is 4.13. The Kier molecular flexibility index (Phi) is 4.71. The van der Waals surface area contributed by atoms with Crippen LogP contribution in [0.2, 0.25) is 0 Å². The first-order valence-corrected chi connectivity index (χ1v) is 6.07. The Morgan fingerprint density at radius 2 is 1.47 bits per heavy atom. The van der Waals surface area contributed by atoms with Crippen LogP contribution in [0.15, 0.2) is 84.0 Å². The van der Waals surface area contributed by atoms with Gasteiger partial charge < -0.3 is 5.21 Å². The summed E-state index contributed by atoms with van der Waals surface area (Å²) in [6.07, 6.45) is 7.55.